The molecule has 670 valence electrons. The van der Waals surface area contributed by atoms with Crippen LogP contribution in [-0.4, -0.2) is 81.0 Å². The van der Waals surface area contributed by atoms with E-state index >= 15 is 0 Å². The maximum Gasteiger partial charge on any atom is 0.414 e. The molecular formula is C110H159N7O6. The van der Waals surface area contributed by atoms with Crippen molar-refractivity contribution in [2.24, 2.45) is 0 Å². The Kier molecular flexibility index (Phi) is 28.0. The van der Waals surface area contributed by atoms with Gasteiger partial charge in [0.2, 0.25) is 11.8 Å². The molecule has 0 unspecified atom stereocenters. The van der Waals surface area contributed by atoms with Gasteiger partial charge in [0.15, 0.2) is 0 Å². The normalized spacial score (nSPS) is 17.7. The summed E-state index contributed by atoms with van der Waals surface area (Å²) in [6, 6.07) is 47.1. The maximum absolute atomic E-state index is 12.7. The number of carbonyl (C=O) groups excluding carboxylic acids is 4. The summed E-state index contributed by atoms with van der Waals surface area (Å²) in [7, 11) is 0. The third-order valence-corrected chi connectivity index (χ3v) is 26.3. The molecule has 3 N–H and O–H groups in total. The minimum atomic E-state index is -0.480. The molecule has 0 saturated heterocycles. The number of benzene rings is 7. The lowest BCUT2D eigenvalue weighted by Gasteiger charge is -2.40. The molecule has 0 atom stereocenters. The number of nitrogens with one attached hydrogen (secondary N) is 3. The molecule has 2 saturated carbocycles. The second kappa shape index (κ2) is 35.7. The molecule has 9 aliphatic rings. The van der Waals surface area contributed by atoms with E-state index in [0.717, 1.165) is 87.7 Å². The van der Waals surface area contributed by atoms with E-state index in [1.165, 1.54) is 134 Å². The summed E-state index contributed by atoms with van der Waals surface area (Å²) in [6.07, 6.45) is 12.4. The number of rotatable bonds is 0. The minimum Gasteiger partial charge on any atom is -0.443 e. The smallest absolute Gasteiger partial charge is 0.414 e. The van der Waals surface area contributed by atoms with Gasteiger partial charge in [-0.2, -0.15) is 0 Å². The van der Waals surface area contributed by atoms with Crippen molar-refractivity contribution in [3.63, 3.8) is 0 Å². The summed E-state index contributed by atoms with van der Waals surface area (Å²) in [5.74, 6) is 0.316. The van der Waals surface area contributed by atoms with E-state index < -0.39 is 11.2 Å². The van der Waals surface area contributed by atoms with Crippen LogP contribution in [0.3, 0.4) is 0 Å². The summed E-state index contributed by atoms with van der Waals surface area (Å²) in [6.45, 7) is 77.2. The predicted octanol–water partition coefficient (Wildman–Crippen LogP) is 27.2. The molecule has 2 aliphatic carbocycles. The van der Waals surface area contributed by atoms with Crippen molar-refractivity contribution in [2.45, 2.75) is 370 Å². The van der Waals surface area contributed by atoms with Crippen LogP contribution in [0.15, 0.2) is 127 Å². The van der Waals surface area contributed by atoms with E-state index in [4.69, 9.17) is 9.47 Å². The Labute approximate surface area is 744 Å². The summed E-state index contributed by atoms with van der Waals surface area (Å²) in [5.41, 5.74) is 28.8. The van der Waals surface area contributed by atoms with E-state index in [9.17, 15) is 19.2 Å². The zero-order valence-electron chi connectivity index (χ0n) is 82.6. The van der Waals surface area contributed by atoms with Crippen LogP contribution in [0.1, 0.15) is 358 Å². The quantitative estimate of drug-likeness (QED) is 0.136. The van der Waals surface area contributed by atoms with Gasteiger partial charge in [0.05, 0.1) is 11.4 Å². The Morgan fingerprint density at radius 2 is 0.659 bits per heavy atom. The Bertz CT molecular complexity index is 4960. The Morgan fingerprint density at radius 3 is 1.11 bits per heavy atom. The number of nitrogens with zero attached hydrogens (tertiary/aromatic N) is 4. The Morgan fingerprint density at radius 1 is 0.309 bits per heavy atom. The molecule has 7 aromatic rings. The van der Waals surface area contributed by atoms with E-state index in [0.29, 0.717) is 22.8 Å². The summed E-state index contributed by atoms with van der Waals surface area (Å²) in [4.78, 5) is 55.8. The van der Waals surface area contributed by atoms with Crippen molar-refractivity contribution in [2.75, 3.05) is 81.4 Å². The SMILES string of the molecule is CC(=O)N1CC2(CC2)c2ccc(C(C)(C)C)cc21.CC(=O)N1CCc2ccc(C(C)(C)C)cc21.CC(C)(C)OC(=O)N1CCC(C)(C)c2ccc(C(C)(C)C)cc21.CC(C)(C)OC(=O)N1CCCc2ccc(C(C)(C)C)cc21.CC(C)(C)c1ccc2c(c1)NCC21CC1.CC(C)(C)c1ccc2c(c1)NCCC2.CC(C)(C)c1ccc2c(c1)NCCC2(C)C. The first-order valence-electron chi connectivity index (χ1n) is 46.3. The molecule has 123 heavy (non-hydrogen) atoms. The highest BCUT2D eigenvalue weighted by Crippen LogP contribution is 2.58. The first kappa shape index (κ1) is 96.6. The lowest BCUT2D eigenvalue weighted by molar-refractivity contribution is -0.117. The molecule has 7 aliphatic heterocycles. The topological polar surface area (TPSA) is 136 Å². The molecule has 0 radical (unpaired) electrons. The van der Waals surface area contributed by atoms with Crippen LogP contribution in [0, 0.1) is 0 Å². The van der Waals surface area contributed by atoms with E-state index in [1.807, 2.05) is 51.3 Å². The van der Waals surface area contributed by atoms with Gasteiger partial charge >= 0.3 is 12.2 Å². The predicted molar refractivity (Wildman–Crippen MR) is 522 cm³/mol. The number of hydrogen-bond acceptors (Lipinski definition) is 9. The van der Waals surface area contributed by atoms with Crippen molar-refractivity contribution < 1.29 is 28.7 Å². The molecule has 2 spiro atoms. The van der Waals surface area contributed by atoms with Gasteiger partial charge in [0.1, 0.15) is 11.2 Å². The van der Waals surface area contributed by atoms with E-state index in [-0.39, 0.29) is 67.3 Å². The first-order chi connectivity index (χ1) is 56.5. The fourth-order valence-electron chi connectivity index (χ4n) is 17.6. The zero-order chi connectivity index (χ0) is 91.4. The molecule has 0 aromatic heterocycles. The average Bonchev–Trinajstić information content (AvgIpc) is 1.56. The third-order valence-electron chi connectivity index (χ3n) is 26.3. The zero-order valence-corrected chi connectivity index (χ0v) is 82.6. The van der Waals surface area contributed by atoms with Crippen LogP contribution in [0.5, 0.6) is 0 Å². The Balaban J connectivity index is 0.000000151. The monoisotopic (exact) mass is 1670 g/mol. The van der Waals surface area contributed by atoms with Gasteiger partial charge in [-0.05, 0) is 281 Å². The largest absolute Gasteiger partial charge is 0.443 e. The summed E-state index contributed by atoms with van der Waals surface area (Å²) < 4.78 is 11.2. The highest BCUT2D eigenvalue weighted by Gasteiger charge is 2.53. The summed E-state index contributed by atoms with van der Waals surface area (Å²) >= 11 is 0. The Hall–Kier alpha value is -8.58. The van der Waals surface area contributed by atoms with Gasteiger partial charge in [-0.1, -0.05) is 258 Å². The highest BCUT2D eigenvalue weighted by atomic mass is 16.6. The first-order valence-corrected chi connectivity index (χ1v) is 46.3. The number of anilines is 7. The minimum absolute atomic E-state index is 0.0518. The lowest BCUT2D eigenvalue weighted by Crippen LogP contribution is -2.43. The van der Waals surface area contributed by atoms with Gasteiger partial charge in [0.25, 0.3) is 0 Å². The second-order valence-corrected chi connectivity index (χ2v) is 47.3. The van der Waals surface area contributed by atoms with Crippen LogP contribution in [-0.2, 0) is 97.9 Å². The van der Waals surface area contributed by atoms with Gasteiger partial charge in [0, 0.05) is 98.9 Å². The number of ether oxygens (including phenoxy) is 2. The second-order valence-electron chi connectivity index (χ2n) is 47.3. The van der Waals surface area contributed by atoms with Crippen molar-refractivity contribution >= 4 is 63.8 Å². The number of carbonyl (C=O) groups is 4. The molecule has 13 heteroatoms. The van der Waals surface area contributed by atoms with Crippen molar-refractivity contribution in [3.05, 3.63) is 205 Å². The van der Waals surface area contributed by atoms with Crippen molar-refractivity contribution in [1.29, 1.82) is 0 Å². The van der Waals surface area contributed by atoms with E-state index in [2.05, 4.69) is 316 Å². The van der Waals surface area contributed by atoms with E-state index in [1.54, 1.807) is 29.2 Å². The molecule has 7 heterocycles. The molecule has 4 amide bonds. The van der Waals surface area contributed by atoms with Crippen LogP contribution in [0.4, 0.5) is 49.4 Å². The molecule has 13 nitrogen and oxygen atoms in total. The molecule has 7 aromatic carbocycles. The van der Waals surface area contributed by atoms with Crippen LogP contribution < -0.4 is 35.6 Å². The standard InChI is InChI=1S/C20H31NO2.C18H27NO2.C16H21NO.C15H23N.C14H19NO.C14H19N.C13H19N/c1-18(2,3)14-9-10-15-16(13-14)21(12-11-20(15,7)8)17(22)23-19(4,5)6;1-17(2,3)14-10-9-13-8-7-11-19(15(13)12-14)16(20)21-18(4,5)6;1-11(18)17-10-16(7-8-16)13-6-5-12(9-14(13)17)15(2,3)4;1-14(2,3)11-6-7-12-13(10-11)16-9-8-15(12,4)5;1-10(16)15-8-7-11-5-6-12(9-13(11)15)14(2,3)4;1-13(2,3)10-4-5-11-12(8-10)15-9-14(11)6-7-14;1-13(2,3)11-7-6-10-5-4-8-14-12(10)9-11/h9-10,13H,11-12H2,1-8H3;9-10,12H,7-8,11H2,1-6H3;5-6,9H,7-8,10H2,1-4H3;6-7,10,16H,8-9H2,1-5H3;5-6,9H,7-8H2,1-4H3;4-5,8,15H,6-7,9H2,1-3H3;6-7,9,14H,4-5,8H2,1-3H3. The van der Waals surface area contributed by atoms with Gasteiger partial charge < -0.3 is 35.2 Å². The molecule has 0 bridgehead atoms. The van der Waals surface area contributed by atoms with Crippen molar-refractivity contribution in [1.82, 2.24) is 0 Å². The number of fused-ring (bicyclic) bond motifs is 9. The van der Waals surface area contributed by atoms with Crippen LogP contribution >= 0.6 is 0 Å². The van der Waals surface area contributed by atoms with Crippen molar-refractivity contribution in [3.8, 4) is 0 Å². The molecular weight excluding hydrogens is 1520 g/mol. The van der Waals surface area contributed by atoms with Gasteiger partial charge in [-0.15, -0.1) is 0 Å². The fourth-order valence-corrected chi connectivity index (χ4v) is 17.6. The average molecular weight is 1680 g/mol. The van der Waals surface area contributed by atoms with Crippen LogP contribution in [0.25, 0.3) is 0 Å². The lowest BCUT2D eigenvalue weighted by atomic mass is 9.75. The number of hydrogen-bond donors (Lipinski definition) is 3. The highest BCUT2D eigenvalue weighted by molar-refractivity contribution is 5.96. The number of aryl methyl sites for hydroxylation is 2. The van der Waals surface area contributed by atoms with Gasteiger partial charge in [-0.3, -0.25) is 19.4 Å². The van der Waals surface area contributed by atoms with Crippen LogP contribution in [0.2, 0.25) is 0 Å². The fraction of sp³-hybridized carbons (Fsp3) is 0.582. The van der Waals surface area contributed by atoms with Gasteiger partial charge in [-0.25, -0.2) is 9.59 Å². The third kappa shape index (κ3) is 24.0. The maximum atomic E-state index is 12.7. The molecule has 2 fully saturated rings. The number of amides is 4. The summed E-state index contributed by atoms with van der Waals surface area (Å²) in [5, 5.41) is 10.6. The molecule has 16 rings (SSSR count).